The number of phenolic OH excluding ortho intramolecular Hbond substituents is 2. The number of phenols is 2. The molecule has 0 bridgehead atoms. The lowest BCUT2D eigenvalue weighted by Gasteiger charge is -2.06. The second-order valence-electron chi connectivity index (χ2n) is 4.30. The van der Waals surface area contributed by atoms with Crippen molar-refractivity contribution >= 4 is 10.9 Å². The molecule has 0 aliphatic carbocycles. The van der Waals surface area contributed by atoms with E-state index in [2.05, 4.69) is 4.98 Å². The SMILES string of the molecule is O=c1cc(-c2ccccc2)[nH]c2cc(O)c(O)cc12. The summed E-state index contributed by atoms with van der Waals surface area (Å²) >= 11 is 0. The maximum Gasteiger partial charge on any atom is 0.190 e. The minimum atomic E-state index is -0.300. The van der Waals surface area contributed by atoms with Gasteiger partial charge in [-0.2, -0.15) is 0 Å². The summed E-state index contributed by atoms with van der Waals surface area (Å²) in [6.07, 6.45) is 0. The summed E-state index contributed by atoms with van der Waals surface area (Å²) < 4.78 is 0. The lowest BCUT2D eigenvalue weighted by molar-refractivity contribution is 0.405. The molecule has 1 aromatic heterocycles. The largest absolute Gasteiger partial charge is 0.504 e. The molecule has 0 atom stereocenters. The predicted octanol–water partition coefficient (Wildman–Crippen LogP) is 2.61. The molecule has 4 nitrogen and oxygen atoms in total. The minimum Gasteiger partial charge on any atom is -0.504 e. The number of aromatic amines is 1. The van der Waals surface area contributed by atoms with Gasteiger partial charge < -0.3 is 15.2 Å². The van der Waals surface area contributed by atoms with Gasteiger partial charge in [0.25, 0.3) is 0 Å². The van der Waals surface area contributed by atoms with Gasteiger partial charge in [0, 0.05) is 23.2 Å². The first-order valence-electron chi connectivity index (χ1n) is 5.79. The number of nitrogens with one attached hydrogen (secondary N) is 1. The highest BCUT2D eigenvalue weighted by Crippen LogP contribution is 2.28. The lowest BCUT2D eigenvalue weighted by Crippen LogP contribution is -2.02. The van der Waals surface area contributed by atoms with E-state index in [1.165, 1.54) is 18.2 Å². The molecule has 0 aliphatic heterocycles. The number of H-pyrrole nitrogens is 1. The molecule has 0 amide bonds. The first-order valence-corrected chi connectivity index (χ1v) is 5.79. The first-order chi connectivity index (χ1) is 9.15. The Morgan fingerprint density at radius 3 is 2.32 bits per heavy atom. The fourth-order valence-electron chi connectivity index (χ4n) is 2.05. The molecule has 0 radical (unpaired) electrons. The zero-order chi connectivity index (χ0) is 13.4. The average molecular weight is 253 g/mol. The Morgan fingerprint density at radius 2 is 1.58 bits per heavy atom. The molecule has 2 aromatic carbocycles. The summed E-state index contributed by atoms with van der Waals surface area (Å²) in [5.74, 6) is -0.557. The number of pyridine rings is 1. The monoisotopic (exact) mass is 253 g/mol. The highest BCUT2D eigenvalue weighted by Gasteiger charge is 2.08. The molecule has 0 fully saturated rings. The Hall–Kier alpha value is -2.75. The second-order valence-corrected chi connectivity index (χ2v) is 4.30. The molecular weight excluding hydrogens is 242 g/mol. The third kappa shape index (κ3) is 1.93. The second kappa shape index (κ2) is 4.17. The van der Waals surface area contributed by atoms with Gasteiger partial charge in [0.05, 0.1) is 5.52 Å². The number of aromatic hydroxyl groups is 2. The molecular formula is C15H11NO3. The average Bonchev–Trinajstić information content (AvgIpc) is 2.42. The summed E-state index contributed by atoms with van der Waals surface area (Å²) in [5, 5.41) is 19.3. The van der Waals surface area contributed by atoms with Crippen LogP contribution in [0, 0.1) is 0 Å². The quantitative estimate of drug-likeness (QED) is 0.584. The van der Waals surface area contributed by atoms with Gasteiger partial charge in [-0.3, -0.25) is 4.79 Å². The van der Waals surface area contributed by atoms with Crippen LogP contribution in [0.3, 0.4) is 0 Å². The van der Waals surface area contributed by atoms with Gasteiger partial charge in [-0.1, -0.05) is 30.3 Å². The molecule has 0 saturated carbocycles. The fourth-order valence-corrected chi connectivity index (χ4v) is 2.05. The predicted molar refractivity (Wildman–Crippen MR) is 73.3 cm³/mol. The van der Waals surface area contributed by atoms with E-state index >= 15 is 0 Å². The number of hydrogen-bond acceptors (Lipinski definition) is 3. The van der Waals surface area contributed by atoms with E-state index in [0.29, 0.717) is 16.6 Å². The van der Waals surface area contributed by atoms with Gasteiger partial charge >= 0.3 is 0 Å². The molecule has 0 saturated heterocycles. The van der Waals surface area contributed by atoms with Gasteiger partial charge in [0.15, 0.2) is 16.9 Å². The molecule has 0 spiro atoms. The van der Waals surface area contributed by atoms with Crippen molar-refractivity contribution in [3.63, 3.8) is 0 Å². The Labute approximate surface area is 108 Å². The number of hydrogen-bond donors (Lipinski definition) is 3. The molecule has 94 valence electrons. The van der Waals surface area contributed by atoms with Crippen molar-refractivity contribution in [1.82, 2.24) is 4.98 Å². The summed E-state index contributed by atoms with van der Waals surface area (Å²) in [5.41, 5.74) is 1.84. The standard InChI is InChI=1S/C15H11NO3/c17-13-7-11(9-4-2-1-3-5-9)16-12-8-15(19)14(18)6-10(12)13/h1-8,18-19H,(H,16,17). The van der Waals surface area contributed by atoms with Gasteiger partial charge in [0.2, 0.25) is 0 Å². The van der Waals surface area contributed by atoms with E-state index in [-0.39, 0.29) is 16.9 Å². The smallest absolute Gasteiger partial charge is 0.190 e. The number of benzene rings is 2. The van der Waals surface area contributed by atoms with E-state index in [1.807, 2.05) is 30.3 Å². The van der Waals surface area contributed by atoms with Crippen LogP contribution in [0.5, 0.6) is 11.5 Å². The van der Waals surface area contributed by atoms with Crippen LogP contribution in [0.1, 0.15) is 0 Å². The Balaban J connectivity index is 2.31. The van der Waals surface area contributed by atoms with E-state index in [9.17, 15) is 15.0 Å². The van der Waals surface area contributed by atoms with Crippen LogP contribution in [0.2, 0.25) is 0 Å². The highest BCUT2D eigenvalue weighted by atomic mass is 16.3. The number of aromatic nitrogens is 1. The summed E-state index contributed by atoms with van der Waals surface area (Å²) in [6.45, 7) is 0. The van der Waals surface area contributed by atoms with Crippen LogP contribution in [0.15, 0.2) is 53.3 Å². The Kier molecular flexibility index (Phi) is 2.49. The van der Waals surface area contributed by atoms with E-state index < -0.39 is 0 Å². The molecule has 0 aliphatic rings. The van der Waals surface area contributed by atoms with Crippen LogP contribution in [0.25, 0.3) is 22.2 Å². The van der Waals surface area contributed by atoms with Crippen molar-refractivity contribution in [2.75, 3.05) is 0 Å². The van der Waals surface area contributed by atoms with Crippen LogP contribution in [0.4, 0.5) is 0 Å². The Morgan fingerprint density at radius 1 is 0.895 bits per heavy atom. The van der Waals surface area contributed by atoms with Crippen LogP contribution < -0.4 is 5.43 Å². The summed E-state index contributed by atoms with van der Waals surface area (Å²) in [7, 11) is 0. The summed E-state index contributed by atoms with van der Waals surface area (Å²) in [4.78, 5) is 15.1. The fraction of sp³-hybridized carbons (Fsp3) is 0. The maximum absolute atomic E-state index is 12.0. The van der Waals surface area contributed by atoms with Crippen molar-refractivity contribution in [3.05, 3.63) is 58.8 Å². The van der Waals surface area contributed by atoms with Gasteiger partial charge in [-0.05, 0) is 11.6 Å². The third-order valence-corrected chi connectivity index (χ3v) is 3.01. The van der Waals surface area contributed by atoms with Crippen molar-refractivity contribution in [2.24, 2.45) is 0 Å². The van der Waals surface area contributed by atoms with Crippen molar-refractivity contribution in [3.8, 4) is 22.8 Å². The van der Waals surface area contributed by atoms with Gasteiger partial charge in [0.1, 0.15) is 0 Å². The van der Waals surface area contributed by atoms with E-state index in [0.717, 1.165) is 5.56 Å². The van der Waals surface area contributed by atoms with Crippen LogP contribution in [-0.4, -0.2) is 15.2 Å². The maximum atomic E-state index is 12.0. The van der Waals surface area contributed by atoms with Gasteiger partial charge in [-0.25, -0.2) is 0 Å². The van der Waals surface area contributed by atoms with Crippen molar-refractivity contribution in [1.29, 1.82) is 0 Å². The van der Waals surface area contributed by atoms with Crippen molar-refractivity contribution < 1.29 is 10.2 Å². The third-order valence-electron chi connectivity index (χ3n) is 3.01. The molecule has 19 heavy (non-hydrogen) atoms. The van der Waals surface area contributed by atoms with Crippen LogP contribution >= 0.6 is 0 Å². The molecule has 3 N–H and O–H groups in total. The normalized spacial score (nSPS) is 10.7. The molecule has 3 aromatic rings. The van der Waals surface area contributed by atoms with Gasteiger partial charge in [-0.15, -0.1) is 0 Å². The van der Waals surface area contributed by atoms with Crippen molar-refractivity contribution in [2.45, 2.75) is 0 Å². The molecule has 1 heterocycles. The zero-order valence-electron chi connectivity index (χ0n) is 9.92. The number of fused-ring (bicyclic) bond motifs is 1. The number of rotatable bonds is 1. The zero-order valence-corrected chi connectivity index (χ0v) is 9.92. The molecule has 4 heteroatoms. The molecule has 3 rings (SSSR count). The van der Waals surface area contributed by atoms with Crippen LogP contribution in [-0.2, 0) is 0 Å². The van der Waals surface area contributed by atoms with E-state index in [4.69, 9.17) is 0 Å². The highest BCUT2D eigenvalue weighted by molar-refractivity contribution is 5.84. The Bertz CT molecular complexity index is 807. The first kappa shape index (κ1) is 11.3. The van der Waals surface area contributed by atoms with E-state index in [1.54, 1.807) is 0 Å². The molecule has 0 unspecified atom stereocenters. The lowest BCUT2D eigenvalue weighted by atomic mass is 10.1. The topological polar surface area (TPSA) is 73.3 Å². The summed E-state index contributed by atoms with van der Waals surface area (Å²) in [6, 6.07) is 13.5. The minimum absolute atomic E-state index is 0.206.